The lowest BCUT2D eigenvalue weighted by Gasteiger charge is -2.11. The van der Waals surface area contributed by atoms with Crippen LogP contribution in [0.15, 0.2) is 42.5 Å². The first kappa shape index (κ1) is 26.9. The quantitative estimate of drug-likeness (QED) is 0.177. The predicted octanol–water partition coefficient (Wildman–Crippen LogP) is 8.64. The Balaban J connectivity index is 1.64. The normalized spacial score (nSPS) is 11.3. The van der Waals surface area contributed by atoms with Crippen LogP contribution in [0.1, 0.15) is 72.9 Å². The molecular formula is C30H33F5. The van der Waals surface area contributed by atoms with Crippen molar-refractivity contribution in [1.82, 2.24) is 0 Å². The minimum absolute atomic E-state index is 0.00613. The Kier molecular flexibility index (Phi) is 9.88. The van der Waals surface area contributed by atoms with Gasteiger partial charge in [-0.25, -0.2) is 22.0 Å². The maximum Gasteiger partial charge on any atom is 0.129 e. The van der Waals surface area contributed by atoms with E-state index in [1.54, 1.807) is 6.07 Å². The molecule has 0 fully saturated rings. The Morgan fingerprint density at radius 1 is 0.457 bits per heavy atom. The van der Waals surface area contributed by atoms with Crippen molar-refractivity contribution in [2.24, 2.45) is 0 Å². The zero-order chi connectivity index (χ0) is 25.4. The summed E-state index contributed by atoms with van der Waals surface area (Å²) < 4.78 is 72.4. The van der Waals surface area contributed by atoms with Crippen molar-refractivity contribution in [3.63, 3.8) is 0 Å². The highest BCUT2D eigenvalue weighted by Gasteiger charge is 2.15. The van der Waals surface area contributed by atoms with Gasteiger partial charge in [0.1, 0.15) is 29.1 Å². The number of benzene rings is 3. The van der Waals surface area contributed by atoms with E-state index in [0.717, 1.165) is 25.7 Å². The topological polar surface area (TPSA) is 0 Å². The molecule has 0 nitrogen and oxygen atoms in total. The summed E-state index contributed by atoms with van der Waals surface area (Å²) in [5.74, 6) is -2.94. The van der Waals surface area contributed by atoms with E-state index in [1.807, 2.05) is 13.0 Å². The van der Waals surface area contributed by atoms with Crippen LogP contribution in [0.4, 0.5) is 22.0 Å². The van der Waals surface area contributed by atoms with Gasteiger partial charge in [-0.3, -0.25) is 0 Å². The van der Waals surface area contributed by atoms with Crippen molar-refractivity contribution < 1.29 is 22.0 Å². The van der Waals surface area contributed by atoms with Crippen LogP contribution in [-0.4, -0.2) is 0 Å². The van der Waals surface area contributed by atoms with E-state index in [0.29, 0.717) is 41.5 Å². The average Bonchev–Trinajstić information content (AvgIpc) is 2.79. The molecule has 0 atom stereocenters. The highest BCUT2D eigenvalue weighted by atomic mass is 19.1. The first-order chi connectivity index (χ1) is 16.8. The molecule has 0 spiro atoms. The lowest BCUT2D eigenvalue weighted by molar-refractivity contribution is 0.544. The Morgan fingerprint density at radius 2 is 0.943 bits per heavy atom. The summed E-state index contributed by atoms with van der Waals surface area (Å²) in [4.78, 5) is 0. The van der Waals surface area contributed by atoms with E-state index in [9.17, 15) is 22.0 Å². The minimum atomic E-state index is -0.698. The van der Waals surface area contributed by atoms with Crippen LogP contribution in [-0.2, 0) is 38.5 Å². The third kappa shape index (κ3) is 7.39. The van der Waals surface area contributed by atoms with Gasteiger partial charge in [-0.05, 0) is 97.5 Å². The van der Waals surface area contributed by atoms with Gasteiger partial charge in [0, 0.05) is 11.1 Å². The Morgan fingerprint density at radius 3 is 1.43 bits per heavy atom. The SMILES string of the molecule is CCCCCc1ccc(CCc2c(F)cc(CCc3c(F)cc(CCC)cc3F)cc2F)cc1F. The molecule has 3 aromatic carbocycles. The molecule has 3 rings (SSSR count). The van der Waals surface area contributed by atoms with E-state index in [1.165, 1.54) is 30.3 Å². The molecule has 0 saturated carbocycles. The monoisotopic (exact) mass is 488 g/mol. The first-order valence-electron chi connectivity index (χ1n) is 12.5. The van der Waals surface area contributed by atoms with Crippen LogP contribution in [0.3, 0.4) is 0 Å². The molecule has 0 bridgehead atoms. The largest absolute Gasteiger partial charge is 0.207 e. The number of halogens is 5. The van der Waals surface area contributed by atoms with Crippen LogP contribution in [0.2, 0.25) is 0 Å². The second-order valence-electron chi connectivity index (χ2n) is 9.21. The second-order valence-corrected chi connectivity index (χ2v) is 9.21. The zero-order valence-corrected chi connectivity index (χ0v) is 20.5. The highest BCUT2D eigenvalue weighted by Crippen LogP contribution is 2.23. The molecule has 3 aromatic rings. The van der Waals surface area contributed by atoms with Crippen LogP contribution < -0.4 is 0 Å². The van der Waals surface area contributed by atoms with Crippen molar-refractivity contribution in [2.45, 2.75) is 78.1 Å². The third-order valence-electron chi connectivity index (χ3n) is 6.43. The van der Waals surface area contributed by atoms with Crippen LogP contribution in [0.5, 0.6) is 0 Å². The predicted molar refractivity (Wildman–Crippen MR) is 131 cm³/mol. The van der Waals surface area contributed by atoms with Gasteiger partial charge in [-0.1, -0.05) is 45.2 Å². The minimum Gasteiger partial charge on any atom is -0.207 e. The van der Waals surface area contributed by atoms with Gasteiger partial charge in [0.2, 0.25) is 0 Å². The molecule has 0 amide bonds. The fourth-order valence-corrected chi connectivity index (χ4v) is 4.42. The zero-order valence-electron chi connectivity index (χ0n) is 20.5. The Hall–Kier alpha value is -2.69. The molecule has 0 heterocycles. The summed E-state index contributed by atoms with van der Waals surface area (Å²) in [5, 5.41) is 0. The first-order valence-corrected chi connectivity index (χ1v) is 12.5. The van der Waals surface area contributed by atoms with Gasteiger partial charge in [0.25, 0.3) is 0 Å². The summed E-state index contributed by atoms with van der Waals surface area (Å²) >= 11 is 0. The van der Waals surface area contributed by atoms with E-state index in [-0.39, 0.29) is 36.2 Å². The third-order valence-corrected chi connectivity index (χ3v) is 6.43. The van der Waals surface area contributed by atoms with Crippen molar-refractivity contribution in [1.29, 1.82) is 0 Å². The summed E-state index contributed by atoms with van der Waals surface area (Å²) in [5.41, 5.74) is 2.14. The maximum atomic E-state index is 14.7. The fraction of sp³-hybridized carbons (Fsp3) is 0.400. The van der Waals surface area contributed by atoms with Gasteiger partial charge in [-0.2, -0.15) is 0 Å². The molecule has 0 unspecified atom stereocenters. The number of hydrogen-bond acceptors (Lipinski definition) is 0. The second kappa shape index (κ2) is 12.9. The smallest absolute Gasteiger partial charge is 0.129 e. The number of hydrogen-bond donors (Lipinski definition) is 0. The molecule has 5 heteroatoms. The van der Waals surface area contributed by atoms with E-state index >= 15 is 0 Å². The standard InChI is InChI=1S/C30H33F5/c1-3-5-6-8-23-12-9-20(15-26(23)31)10-13-24-29(34)18-22(19-30(24)35)11-14-25-27(32)16-21(7-4-2)17-28(25)33/h9,12,15-19H,3-8,10-11,13-14H2,1-2H3. The van der Waals surface area contributed by atoms with Gasteiger partial charge in [0.05, 0.1) is 0 Å². The van der Waals surface area contributed by atoms with Gasteiger partial charge >= 0.3 is 0 Å². The molecule has 0 aromatic heterocycles. The molecule has 0 aliphatic rings. The summed E-state index contributed by atoms with van der Waals surface area (Å²) in [6, 6.07) is 10.1. The molecule has 0 radical (unpaired) electrons. The summed E-state index contributed by atoms with van der Waals surface area (Å²) in [6.07, 6.45) is 5.60. The average molecular weight is 489 g/mol. The van der Waals surface area contributed by atoms with Crippen molar-refractivity contribution in [3.8, 4) is 0 Å². The van der Waals surface area contributed by atoms with Crippen LogP contribution in [0.25, 0.3) is 0 Å². The van der Waals surface area contributed by atoms with Gasteiger partial charge in [0.15, 0.2) is 0 Å². The van der Waals surface area contributed by atoms with Gasteiger partial charge < -0.3 is 0 Å². The van der Waals surface area contributed by atoms with Crippen molar-refractivity contribution in [3.05, 3.63) is 105 Å². The van der Waals surface area contributed by atoms with E-state index < -0.39 is 23.3 Å². The molecule has 0 N–H and O–H groups in total. The number of rotatable bonds is 12. The molecule has 0 aliphatic heterocycles. The summed E-state index contributed by atoms with van der Waals surface area (Å²) in [7, 11) is 0. The number of unbranched alkanes of at least 4 members (excludes halogenated alkanes) is 2. The lowest BCUT2D eigenvalue weighted by Crippen LogP contribution is -2.04. The Bertz CT molecular complexity index is 1090. The Labute approximate surface area is 205 Å². The molecule has 188 valence electrons. The fourth-order valence-electron chi connectivity index (χ4n) is 4.42. The van der Waals surface area contributed by atoms with Crippen LogP contribution in [0, 0.1) is 29.1 Å². The van der Waals surface area contributed by atoms with Crippen molar-refractivity contribution in [2.75, 3.05) is 0 Å². The van der Waals surface area contributed by atoms with Crippen LogP contribution >= 0.6 is 0 Å². The molecule has 0 saturated heterocycles. The highest BCUT2D eigenvalue weighted by molar-refractivity contribution is 5.31. The van der Waals surface area contributed by atoms with Crippen molar-refractivity contribution >= 4 is 0 Å². The molecular weight excluding hydrogens is 455 g/mol. The lowest BCUT2D eigenvalue weighted by atomic mass is 9.97. The van der Waals surface area contributed by atoms with E-state index in [2.05, 4.69) is 6.92 Å². The van der Waals surface area contributed by atoms with Gasteiger partial charge in [-0.15, -0.1) is 0 Å². The maximum absolute atomic E-state index is 14.7. The summed E-state index contributed by atoms with van der Waals surface area (Å²) in [6.45, 7) is 4.02. The molecule has 0 aliphatic carbocycles. The number of aryl methyl sites for hydroxylation is 4. The molecule has 35 heavy (non-hydrogen) atoms. The van der Waals surface area contributed by atoms with E-state index in [4.69, 9.17) is 0 Å².